The van der Waals surface area contributed by atoms with Gasteiger partial charge in [0.25, 0.3) is 0 Å². The van der Waals surface area contributed by atoms with Gasteiger partial charge in [0, 0.05) is 6.04 Å². The summed E-state index contributed by atoms with van der Waals surface area (Å²) >= 11 is 0. The molecule has 2 aromatic carbocycles. The van der Waals surface area contributed by atoms with E-state index in [1.807, 2.05) is 19.1 Å². The fourth-order valence-corrected chi connectivity index (χ4v) is 2.34. The summed E-state index contributed by atoms with van der Waals surface area (Å²) in [5, 5.41) is 3.01. The molecule has 0 radical (unpaired) electrons. The van der Waals surface area contributed by atoms with Crippen LogP contribution in [-0.4, -0.2) is 0 Å². The second-order valence-corrected chi connectivity index (χ2v) is 5.83. The zero-order valence-corrected chi connectivity index (χ0v) is 12.7. The van der Waals surface area contributed by atoms with Crippen LogP contribution in [-0.2, 0) is 6.42 Å². The van der Waals surface area contributed by atoms with Crippen molar-refractivity contribution in [2.75, 3.05) is 5.32 Å². The minimum Gasteiger partial charge on any atom is -0.376 e. The molecule has 1 unspecified atom stereocenters. The number of halogens is 2. The first kappa shape index (κ1) is 15.5. The van der Waals surface area contributed by atoms with Crippen LogP contribution in [0.25, 0.3) is 0 Å². The number of hydrogen-bond acceptors (Lipinski definition) is 1. The van der Waals surface area contributed by atoms with Crippen molar-refractivity contribution in [3.63, 3.8) is 0 Å². The predicted octanol–water partition coefficient (Wildman–Crippen LogP) is 5.34. The standard InChI is InChI=1S/C18H21F2N/c1-12(2)10-14-4-6-15(7-5-14)13(3)21-18-11-16(19)8-9-17(18)20/h4-9,11-13,21H,10H2,1-3H3. The average molecular weight is 289 g/mol. The van der Waals surface area contributed by atoms with Gasteiger partial charge in [0.2, 0.25) is 0 Å². The van der Waals surface area contributed by atoms with Gasteiger partial charge < -0.3 is 5.32 Å². The molecular weight excluding hydrogens is 268 g/mol. The fraction of sp³-hybridized carbons (Fsp3) is 0.333. The summed E-state index contributed by atoms with van der Waals surface area (Å²) in [6, 6.07) is 11.6. The molecule has 0 bridgehead atoms. The van der Waals surface area contributed by atoms with Crippen LogP contribution in [0.2, 0.25) is 0 Å². The Bertz CT molecular complexity index is 591. The largest absolute Gasteiger partial charge is 0.376 e. The van der Waals surface area contributed by atoms with Crippen LogP contribution in [0.4, 0.5) is 14.5 Å². The summed E-state index contributed by atoms with van der Waals surface area (Å²) in [5.74, 6) is -0.272. The SMILES string of the molecule is CC(C)Cc1ccc(C(C)Nc2cc(F)ccc2F)cc1. The van der Waals surface area contributed by atoms with Crippen molar-refractivity contribution >= 4 is 5.69 Å². The van der Waals surface area contributed by atoms with E-state index in [0.29, 0.717) is 5.92 Å². The highest BCUT2D eigenvalue weighted by molar-refractivity contribution is 5.47. The molecule has 1 N–H and O–H groups in total. The molecule has 0 fully saturated rings. The molecule has 0 saturated heterocycles. The molecule has 2 aromatic rings. The van der Waals surface area contributed by atoms with E-state index in [9.17, 15) is 8.78 Å². The Balaban J connectivity index is 2.09. The number of rotatable bonds is 5. The van der Waals surface area contributed by atoms with Crippen LogP contribution in [0.3, 0.4) is 0 Å². The fourth-order valence-electron chi connectivity index (χ4n) is 2.34. The first-order valence-electron chi connectivity index (χ1n) is 7.26. The summed E-state index contributed by atoms with van der Waals surface area (Å²) < 4.78 is 26.8. The molecule has 2 rings (SSSR count). The molecule has 0 aromatic heterocycles. The Labute approximate surface area is 125 Å². The van der Waals surface area contributed by atoms with Crippen LogP contribution >= 0.6 is 0 Å². The van der Waals surface area contributed by atoms with Gasteiger partial charge >= 0.3 is 0 Å². The number of hydrogen-bond donors (Lipinski definition) is 1. The van der Waals surface area contributed by atoms with Gasteiger partial charge in [-0.25, -0.2) is 8.78 Å². The van der Waals surface area contributed by atoms with Gasteiger partial charge in [-0.05, 0) is 48.6 Å². The van der Waals surface area contributed by atoms with Gasteiger partial charge in [0.05, 0.1) is 5.69 Å². The van der Waals surface area contributed by atoms with Crippen molar-refractivity contribution < 1.29 is 8.78 Å². The van der Waals surface area contributed by atoms with Gasteiger partial charge in [-0.2, -0.15) is 0 Å². The topological polar surface area (TPSA) is 12.0 Å². The maximum atomic E-state index is 13.6. The molecule has 21 heavy (non-hydrogen) atoms. The highest BCUT2D eigenvalue weighted by Crippen LogP contribution is 2.23. The van der Waals surface area contributed by atoms with Gasteiger partial charge in [0.1, 0.15) is 11.6 Å². The number of anilines is 1. The Morgan fingerprint density at radius 1 is 0.952 bits per heavy atom. The third-order valence-corrected chi connectivity index (χ3v) is 3.42. The summed E-state index contributed by atoms with van der Waals surface area (Å²) in [7, 11) is 0. The summed E-state index contributed by atoms with van der Waals surface area (Å²) in [6.07, 6.45) is 1.04. The highest BCUT2D eigenvalue weighted by atomic mass is 19.1. The molecule has 1 atom stereocenters. The normalized spacial score (nSPS) is 12.5. The minimum absolute atomic E-state index is 0.0885. The number of benzene rings is 2. The average Bonchev–Trinajstić information content (AvgIpc) is 2.43. The van der Waals surface area contributed by atoms with Crippen LogP contribution in [0.5, 0.6) is 0 Å². The zero-order chi connectivity index (χ0) is 15.4. The minimum atomic E-state index is -0.446. The van der Waals surface area contributed by atoms with Crippen LogP contribution in [0, 0.1) is 17.6 Å². The Kier molecular flexibility index (Phi) is 4.94. The first-order chi connectivity index (χ1) is 9.95. The van der Waals surface area contributed by atoms with Gasteiger partial charge in [-0.15, -0.1) is 0 Å². The van der Waals surface area contributed by atoms with Crippen molar-refractivity contribution in [2.45, 2.75) is 33.2 Å². The van der Waals surface area contributed by atoms with Gasteiger partial charge in [-0.1, -0.05) is 38.1 Å². The number of nitrogens with one attached hydrogen (secondary N) is 1. The second kappa shape index (κ2) is 6.70. The first-order valence-corrected chi connectivity index (χ1v) is 7.26. The van der Waals surface area contributed by atoms with E-state index in [1.165, 1.54) is 11.6 Å². The maximum Gasteiger partial charge on any atom is 0.146 e. The lowest BCUT2D eigenvalue weighted by Crippen LogP contribution is -2.08. The van der Waals surface area contributed by atoms with E-state index in [4.69, 9.17) is 0 Å². The molecule has 0 saturated carbocycles. The third-order valence-electron chi connectivity index (χ3n) is 3.42. The lowest BCUT2D eigenvalue weighted by molar-refractivity contribution is 0.600. The highest BCUT2D eigenvalue weighted by Gasteiger charge is 2.09. The Morgan fingerprint density at radius 2 is 1.62 bits per heavy atom. The van der Waals surface area contributed by atoms with Gasteiger partial charge in [-0.3, -0.25) is 0 Å². The van der Waals surface area contributed by atoms with Crippen molar-refractivity contribution in [1.29, 1.82) is 0 Å². The Morgan fingerprint density at radius 3 is 2.24 bits per heavy atom. The summed E-state index contributed by atoms with van der Waals surface area (Å²) in [4.78, 5) is 0. The van der Waals surface area contributed by atoms with E-state index < -0.39 is 11.6 Å². The van der Waals surface area contributed by atoms with Crippen LogP contribution < -0.4 is 5.32 Å². The molecule has 0 heterocycles. The second-order valence-electron chi connectivity index (χ2n) is 5.83. The molecule has 0 amide bonds. The quantitative estimate of drug-likeness (QED) is 0.783. The molecule has 0 spiro atoms. The smallest absolute Gasteiger partial charge is 0.146 e. The Hall–Kier alpha value is -1.90. The lowest BCUT2D eigenvalue weighted by Gasteiger charge is -2.17. The third kappa shape index (κ3) is 4.28. The van der Waals surface area contributed by atoms with E-state index >= 15 is 0 Å². The van der Waals surface area contributed by atoms with Crippen molar-refractivity contribution in [3.8, 4) is 0 Å². The van der Waals surface area contributed by atoms with Crippen molar-refractivity contribution in [3.05, 3.63) is 65.2 Å². The summed E-state index contributed by atoms with van der Waals surface area (Å²) in [5.41, 5.74) is 2.53. The van der Waals surface area contributed by atoms with Crippen molar-refractivity contribution in [2.24, 2.45) is 5.92 Å². The molecular formula is C18H21F2N. The zero-order valence-electron chi connectivity index (χ0n) is 12.7. The maximum absolute atomic E-state index is 13.6. The molecule has 3 heteroatoms. The predicted molar refractivity (Wildman–Crippen MR) is 83.4 cm³/mol. The van der Waals surface area contributed by atoms with E-state index in [-0.39, 0.29) is 11.7 Å². The van der Waals surface area contributed by atoms with E-state index in [2.05, 4.69) is 31.3 Å². The van der Waals surface area contributed by atoms with E-state index in [0.717, 1.165) is 24.1 Å². The molecule has 112 valence electrons. The summed E-state index contributed by atoms with van der Waals surface area (Å²) in [6.45, 7) is 6.30. The van der Waals surface area contributed by atoms with Crippen LogP contribution in [0.1, 0.15) is 37.9 Å². The monoisotopic (exact) mass is 289 g/mol. The molecule has 1 nitrogen and oxygen atoms in total. The molecule has 0 aliphatic rings. The van der Waals surface area contributed by atoms with Crippen LogP contribution in [0.15, 0.2) is 42.5 Å². The molecule has 0 aliphatic heterocycles. The lowest BCUT2D eigenvalue weighted by atomic mass is 10.00. The van der Waals surface area contributed by atoms with Gasteiger partial charge in [0.15, 0.2) is 0 Å². The van der Waals surface area contributed by atoms with Crippen molar-refractivity contribution in [1.82, 2.24) is 0 Å². The van der Waals surface area contributed by atoms with E-state index in [1.54, 1.807) is 0 Å². The molecule has 0 aliphatic carbocycles.